The molecule has 0 saturated carbocycles. The minimum Gasteiger partial charge on any atom is -0.322 e. The summed E-state index contributed by atoms with van der Waals surface area (Å²) in [6.07, 6.45) is -4.71. The minimum atomic E-state index is -4.71. The quantitative estimate of drug-likeness (QED) is 0.415. The normalized spacial score (nSPS) is 11.2. The highest BCUT2D eigenvalue weighted by molar-refractivity contribution is 6.04. The van der Waals surface area contributed by atoms with Gasteiger partial charge in [-0.05, 0) is 52.6 Å². The Hall–Kier alpha value is -4.13. The lowest BCUT2D eigenvalue weighted by Gasteiger charge is -2.12. The average molecular weight is 434 g/mol. The largest absolute Gasteiger partial charge is 0.431 e. The van der Waals surface area contributed by atoms with Crippen LogP contribution in [-0.4, -0.2) is 10.9 Å². The number of benzene rings is 3. The van der Waals surface area contributed by atoms with Gasteiger partial charge in [0.1, 0.15) is 11.3 Å². The molecule has 2 N–H and O–H groups in total. The molecule has 0 bridgehead atoms. The van der Waals surface area contributed by atoms with Crippen molar-refractivity contribution in [2.24, 2.45) is 0 Å². The molecule has 3 aromatic carbocycles. The third kappa shape index (κ3) is 4.62. The molecular weight excluding hydrogens is 417 g/mol. The van der Waals surface area contributed by atoms with E-state index in [1.165, 1.54) is 0 Å². The summed E-state index contributed by atoms with van der Waals surface area (Å²) < 4.78 is 38.4. The van der Waals surface area contributed by atoms with Crippen molar-refractivity contribution in [3.8, 4) is 22.3 Å². The van der Waals surface area contributed by atoms with Crippen molar-refractivity contribution in [1.82, 2.24) is 4.98 Å². The summed E-state index contributed by atoms with van der Waals surface area (Å²) in [5.74, 6) is -0.802. The summed E-state index contributed by atoms with van der Waals surface area (Å²) in [6.45, 7) is 0. The Bertz CT molecular complexity index is 1260. The number of amides is 1. The van der Waals surface area contributed by atoms with Crippen LogP contribution in [0.25, 0.3) is 22.3 Å². The Morgan fingerprint density at radius 2 is 1.25 bits per heavy atom. The number of aromatic amines is 1. The fourth-order valence-corrected chi connectivity index (χ4v) is 3.31. The number of H-pyrrole nitrogens is 1. The van der Waals surface area contributed by atoms with E-state index in [0.717, 1.165) is 28.3 Å². The summed E-state index contributed by atoms with van der Waals surface area (Å²) >= 11 is 0. The zero-order chi connectivity index (χ0) is 22.7. The summed E-state index contributed by atoms with van der Waals surface area (Å²) in [5.41, 5.74) is 1.20. The van der Waals surface area contributed by atoms with E-state index in [0.29, 0.717) is 11.8 Å². The highest BCUT2D eigenvalue weighted by Crippen LogP contribution is 2.31. The maximum Gasteiger partial charge on any atom is 0.431 e. The Kier molecular flexibility index (Phi) is 5.64. The van der Waals surface area contributed by atoms with Crippen LogP contribution in [0.15, 0.2) is 95.8 Å². The van der Waals surface area contributed by atoms with Crippen molar-refractivity contribution in [3.05, 3.63) is 113 Å². The van der Waals surface area contributed by atoms with Crippen LogP contribution in [0.1, 0.15) is 16.1 Å². The van der Waals surface area contributed by atoms with E-state index >= 15 is 0 Å². The molecule has 0 unspecified atom stereocenters. The molecule has 0 aliphatic carbocycles. The third-order valence-corrected chi connectivity index (χ3v) is 4.86. The molecule has 0 atom stereocenters. The fraction of sp³-hybridized carbons (Fsp3) is 0.0400. The van der Waals surface area contributed by atoms with Crippen molar-refractivity contribution in [2.75, 3.05) is 5.32 Å². The molecule has 0 fully saturated rings. The molecule has 0 saturated heterocycles. The Labute approximate surface area is 181 Å². The van der Waals surface area contributed by atoms with Crippen LogP contribution < -0.4 is 10.9 Å². The zero-order valence-corrected chi connectivity index (χ0v) is 16.6. The van der Waals surface area contributed by atoms with Gasteiger partial charge in [0.2, 0.25) is 0 Å². The molecule has 7 heteroatoms. The van der Waals surface area contributed by atoms with E-state index in [1.807, 2.05) is 66.7 Å². The summed E-state index contributed by atoms with van der Waals surface area (Å²) in [4.78, 5) is 26.5. The Morgan fingerprint density at radius 1 is 0.719 bits per heavy atom. The standard InChI is InChI=1S/C25H17F3N2O2/c26-25(27,28)22-12-11-21(24(32)30-22)23(31)29-20-14-18(16-7-3-1-4-8-16)13-19(15-20)17-9-5-2-6-10-17/h1-15H,(H,29,31)(H,30,32). The van der Waals surface area contributed by atoms with Gasteiger partial charge in [-0.2, -0.15) is 13.2 Å². The van der Waals surface area contributed by atoms with Gasteiger partial charge in [-0.1, -0.05) is 60.7 Å². The number of hydrogen-bond donors (Lipinski definition) is 2. The second kappa shape index (κ2) is 8.55. The van der Waals surface area contributed by atoms with Crippen LogP contribution in [0.4, 0.5) is 18.9 Å². The molecule has 1 heterocycles. The van der Waals surface area contributed by atoms with Gasteiger partial charge in [0.05, 0.1) is 0 Å². The summed E-state index contributed by atoms with van der Waals surface area (Å²) in [5, 5.41) is 2.64. The fourth-order valence-electron chi connectivity index (χ4n) is 3.31. The predicted octanol–water partition coefficient (Wildman–Crippen LogP) is 5.98. The highest BCUT2D eigenvalue weighted by atomic mass is 19.4. The van der Waals surface area contributed by atoms with Crippen LogP contribution in [-0.2, 0) is 6.18 Å². The van der Waals surface area contributed by atoms with Crippen LogP contribution in [0.5, 0.6) is 0 Å². The van der Waals surface area contributed by atoms with Crippen molar-refractivity contribution in [2.45, 2.75) is 6.18 Å². The number of carbonyl (C=O) groups excluding carboxylic acids is 1. The molecule has 4 aromatic rings. The van der Waals surface area contributed by atoms with Gasteiger partial charge in [0.25, 0.3) is 11.5 Å². The van der Waals surface area contributed by atoms with E-state index < -0.39 is 28.9 Å². The highest BCUT2D eigenvalue weighted by Gasteiger charge is 2.32. The number of rotatable bonds is 4. The number of halogens is 3. The van der Waals surface area contributed by atoms with Gasteiger partial charge >= 0.3 is 6.18 Å². The van der Waals surface area contributed by atoms with E-state index in [9.17, 15) is 22.8 Å². The Balaban J connectivity index is 1.72. The van der Waals surface area contributed by atoms with Gasteiger partial charge in [0, 0.05) is 5.69 Å². The van der Waals surface area contributed by atoms with Crippen LogP contribution in [0.3, 0.4) is 0 Å². The van der Waals surface area contributed by atoms with Gasteiger partial charge in [-0.25, -0.2) is 0 Å². The number of nitrogens with one attached hydrogen (secondary N) is 2. The van der Waals surface area contributed by atoms with Crippen molar-refractivity contribution in [3.63, 3.8) is 0 Å². The first-order valence-electron chi connectivity index (χ1n) is 9.69. The van der Waals surface area contributed by atoms with Crippen LogP contribution in [0.2, 0.25) is 0 Å². The zero-order valence-electron chi connectivity index (χ0n) is 16.6. The number of anilines is 1. The number of aromatic nitrogens is 1. The third-order valence-electron chi connectivity index (χ3n) is 4.86. The maximum atomic E-state index is 12.8. The second-order valence-electron chi connectivity index (χ2n) is 7.10. The molecule has 1 amide bonds. The van der Waals surface area contributed by atoms with Crippen molar-refractivity contribution < 1.29 is 18.0 Å². The van der Waals surface area contributed by atoms with Gasteiger partial charge in [-0.15, -0.1) is 0 Å². The smallest absolute Gasteiger partial charge is 0.322 e. The van der Waals surface area contributed by atoms with E-state index in [1.54, 1.807) is 17.1 Å². The molecule has 0 spiro atoms. The van der Waals surface area contributed by atoms with Crippen molar-refractivity contribution >= 4 is 11.6 Å². The lowest BCUT2D eigenvalue weighted by Crippen LogP contribution is -2.25. The van der Waals surface area contributed by atoms with Crippen LogP contribution >= 0.6 is 0 Å². The van der Waals surface area contributed by atoms with Crippen molar-refractivity contribution in [1.29, 1.82) is 0 Å². The number of hydrogen-bond acceptors (Lipinski definition) is 2. The average Bonchev–Trinajstić information content (AvgIpc) is 2.79. The predicted molar refractivity (Wildman–Crippen MR) is 117 cm³/mol. The number of pyridine rings is 1. The number of carbonyl (C=O) groups is 1. The molecule has 4 rings (SSSR count). The van der Waals surface area contributed by atoms with E-state index in [4.69, 9.17) is 0 Å². The summed E-state index contributed by atoms with van der Waals surface area (Å²) in [7, 11) is 0. The Morgan fingerprint density at radius 3 is 1.72 bits per heavy atom. The first kappa shape index (κ1) is 21.1. The topological polar surface area (TPSA) is 62.0 Å². The first-order valence-corrected chi connectivity index (χ1v) is 9.69. The molecule has 0 aliphatic heterocycles. The lowest BCUT2D eigenvalue weighted by molar-refractivity contribution is -0.141. The SMILES string of the molecule is O=C(Nc1cc(-c2ccccc2)cc(-c2ccccc2)c1)c1ccc(C(F)(F)F)[nH]c1=O. The lowest BCUT2D eigenvalue weighted by atomic mass is 9.98. The monoisotopic (exact) mass is 434 g/mol. The maximum absolute atomic E-state index is 12.8. The second-order valence-corrected chi connectivity index (χ2v) is 7.10. The molecule has 4 nitrogen and oxygen atoms in total. The van der Waals surface area contributed by atoms with E-state index in [-0.39, 0.29) is 0 Å². The van der Waals surface area contributed by atoms with Gasteiger partial charge in [0.15, 0.2) is 0 Å². The minimum absolute atomic E-state index is 0.412. The van der Waals surface area contributed by atoms with Gasteiger partial charge in [-0.3, -0.25) is 9.59 Å². The molecule has 160 valence electrons. The molecular formula is C25H17F3N2O2. The van der Waals surface area contributed by atoms with E-state index in [2.05, 4.69) is 5.32 Å². The van der Waals surface area contributed by atoms with Gasteiger partial charge < -0.3 is 10.3 Å². The first-order chi connectivity index (χ1) is 15.3. The molecule has 32 heavy (non-hydrogen) atoms. The van der Waals surface area contributed by atoms with Crippen LogP contribution in [0, 0.1) is 0 Å². The number of alkyl halides is 3. The molecule has 0 aliphatic rings. The summed E-state index contributed by atoms with van der Waals surface area (Å²) in [6, 6.07) is 26.1. The molecule has 0 radical (unpaired) electrons. The molecule has 1 aromatic heterocycles.